The van der Waals surface area contributed by atoms with E-state index in [1.807, 2.05) is 19.7 Å². The largest absolute Gasteiger partial charge is 0.350 e. The van der Waals surface area contributed by atoms with Crippen molar-refractivity contribution in [3.05, 3.63) is 39.6 Å². The van der Waals surface area contributed by atoms with Crippen molar-refractivity contribution in [2.75, 3.05) is 42.8 Å². The summed E-state index contributed by atoms with van der Waals surface area (Å²) in [6.45, 7) is 13.5. The van der Waals surface area contributed by atoms with Crippen LogP contribution in [0, 0.1) is 6.92 Å². The first-order valence-electron chi connectivity index (χ1n) is 11.7. The molecule has 0 bridgehead atoms. The number of benzene rings is 1. The fraction of sp³-hybridized carbons (Fsp3) is 0.542. The number of aryl methyl sites for hydroxylation is 1. The lowest BCUT2D eigenvalue weighted by Crippen LogP contribution is -2.32. The van der Waals surface area contributed by atoms with Crippen molar-refractivity contribution in [1.82, 2.24) is 19.5 Å². The fourth-order valence-corrected chi connectivity index (χ4v) is 6.79. The van der Waals surface area contributed by atoms with Crippen molar-refractivity contribution < 1.29 is 4.57 Å². The minimum Gasteiger partial charge on any atom is -0.350 e. The molecule has 1 saturated heterocycles. The molecular weight excluding hydrogens is 499 g/mol. The second kappa shape index (κ2) is 8.38. The van der Waals surface area contributed by atoms with Crippen LogP contribution < -0.4 is 9.80 Å². The molecule has 1 unspecified atom stereocenters. The van der Waals surface area contributed by atoms with E-state index in [1.54, 1.807) is 0 Å². The zero-order valence-corrected chi connectivity index (χ0v) is 22.5. The van der Waals surface area contributed by atoms with E-state index in [4.69, 9.17) is 15.0 Å². The van der Waals surface area contributed by atoms with Gasteiger partial charge in [0.15, 0.2) is 17.0 Å². The average molecular weight is 531 g/mol. The Bertz CT molecular complexity index is 1270. The standard InChI is InChI=1S/C24H32BrN6OP/c1-15(2)31-14-26-21-22(29-10-8-17-7-6-16(3)20(25)19(17)13-29)27-24(28-23(21)31)30-11-9-18(12-30)33(4,5)32/h6-7,14-15,18H,8-13H2,1-5H3. The molecule has 0 aliphatic carbocycles. The molecule has 7 nitrogen and oxygen atoms in total. The van der Waals surface area contributed by atoms with Crippen molar-refractivity contribution in [3.63, 3.8) is 0 Å². The molecule has 0 radical (unpaired) electrons. The maximum Gasteiger partial charge on any atom is 0.229 e. The topological polar surface area (TPSA) is 67.2 Å². The number of hydrogen-bond acceptors (Lipinski definition) is 6. The summed E-state index contributed by atoms with van der Waals surface area (Å²) in [6.07, 6.45) is 3.78. The van der Waals surface area contributed by atoms with E-state index < -0.39 is 7.14 Å². The highest BCUT2D eigenvalue weighted by Crippen LogP contribution is 2.47. The first kappa shape index (κ1) is 22.9. The Hall–Kier alpha value is -1.92. The van der Waals surface area contributed by atoms with Crippen LogP contribution in [0.1, 0.15) is 43.0 Å². The Balaban J connectivity index is 1.58. The molecule has 2 aliphatic rings. The first-order valence-corrected chi connectivity index (χ1v) is 15.2. The summed E-state index contributed by atoms with van der Waals surface area (Å²) in [4.78, 5) is 19.4. The van der Waals surface area contributed by atoms with E-state index in [1.165, 1.54) is 21.2 Å². The number of fused-ring (bicyclic) bond motifs is 2. The molecule has 1 atom stereocenters. The van der Waals surface area contributed by atoms with Gasteiger partial charge >= 0.3 is 0 Å². The van der Waals surface area contributed by atoms with Gasteiger partial charge in [-0.05, 0) is 63.6 Å². The lowest BCUT2D eigenvalue weighted by molar-refractivity contribution is 0.574. The normalized spacial score (nSPS) is 19.1. The summed E-state index contributed by atoms with van der Waals surface area (Å²) in [7, 11) is -2.15. The van der Waals surface area contributed by atoms with Crippen molar-refractivity contribution in [2.24, 2.45) is 0 Å². The Kier molecular flexibility index (Phi) is 5.81. The zero-order valence-electron chi connectivity index (χ0n) is 20.0. The second-order valence-electron chi connectivity index (χ2n) is 10.1. The highest BCUT2D eigenvalue weighted by Gasteiger charge is 2.34. The SMILES string of the molecule is Cc1ccc2c(c1Br)CN(c1nc(N3CCC(P(C)(C)=O)C3)nc3c1ncn3C(C)C)CC2. The van der Waals surface area contributed by atoms with Crippen molar-refractivity contribution in [3.8, 4) is 0 Å². The Morgan fingerprint density at radius 2 is 1.94 bits per heavy atom. The number of halogens is 1. The van der Waals surface area contributed by atoms with Gasteiger partial charge in [-0.1, -0.05) is 28.1 Å². The molecule has 0 spiro atoms. The minimum atomic E-state index is -2.15. The molecule has 2 aromatic heterocycles. The molecule has 1 fully saturated rings. The second-order valence-corrected chi connectivity index (χ2v) is 14.5. The number of hydrogen-bond donors (Lipinski definition) is 0. The molecule has 0 saturated carbocycles. The number of anilines is 2. The zero-order chi connectivity index (χ0) is 23.5. The predicted octanol–water partition coefficient (Wildman–Crippen LogP) is 5.24. The predicted molar refractivity (Wildman–Crippen MR) is 139 cm³/mol. The Morgan fingerprint density at radius 3 is 2.64 bits per heavy atom. The van der Waals surface area contributed by atoms with Crippen molar-refractivity contribution >= 4 is 46.0 Å². The number of imidazole rings is 1. The number of aromatic nitrogens is 4. The smallest absolute Gasteiger partial charge is 0.229 e. The summed E-state index contributed by atoms with van der Waals surface area (Å²) in [5.41, 5.74) is 5.91. The van der Waals surface area contributed by atoms with E-state index in [0.29, 0.717) is 0 Å². The van der Waals surface area contributed by atoms with Gasteiger partial charge in [0.2, 0.25) is 5.95 Å². The molecule has 0 amide bonds. The third kappa shape index (κ3) is 4.10. The fourth-order valence-electron chi connectivity index (χ4n) is 4.95. The number of rotatable bonds is 4. The molecule has 176 valence electrons. The van der Waals surface area contributed by atoms with E-state index in [0.717, 1.165) is 62.0 Å². The molecule has 33 heavy (non-hydrogen) atoms. The van der Waals surface area contributed by atoms with E-state index in [9.17, 15) is 4.57 Å². The van der Waals surface area contributed by atoms with E-state index in [2.05, 4.69) is 63.2 Å². The van der Waals surface area contributed by atoms with Crippen LogP contribution in [0.15, 0.2) is 22.9 Å². The monoisotopic (exact) mass is 530 g/mol. The van der Waals surface area contributed by atoms with Crippen LogP contribution in [-0.2, 0) is 17.5 Å². The third-order valence-electron chi connectivity index (χ3n) is 7.11. The quantitative estimate of drug-likeness (QED) is 0.429. The molecule has 3 aromatic rings. The highest BCUT2D eigenvalue weighted by atomic mass is 79.9. The van der Waals surface area contributed by atoms with Gasteiger partial charge in [-0.25, -0.2) is 4.98 Å². The van der Waals surface area contributed by atoms with Crippen LogP contribution >= 0.6 is 23.1 Å². The van der Waals surface area contributed by atoms with Crippen LogP contribution in [0.4, 0.5) is 11.8 Å². The highest BCUT2D eigenvalue weighted by molar-refractivity contribution is 9.10. The Labute approximate surface area is 204 Å². The van der Waals surface area contributed by atoms with Gasteiger partial charge < -0.3 is 18.9 Å². The van der Waals surface area contributed by atoms with Gasteiger partial charge in [-0.15, -0.1) is 0 Å². The van der Waals surface area contributed by atoms with Gasteiger partial charge in [0, 0.05) is 42.4 Å². The first-order chi connectivity index (χ1) is 15.6. The molecular formula is C24H32BrN6OP. The molecule has 1 aromatic carbocycles. The molecule has 9 heteroatoms. The molecule has 2 aliphatic heterocycles. The summed E-state index contributed by atoms with van der Waals surface area (Å²) in [5, 5.41) is 0. The summed E-state index contributed by atoms with van der Waals surface area (Å²) < 4.78 is 16.0. The van der Waals surface area contributed by atoms with Gasteiger partial charge in [-0.3, -0.25) is 0 Å². The van der Waals surface area contributed by atoms with Gasteiger partial charge in [0.05, 0.1) is 13.5 Å². The average Bonchev–Trinajstić information content (AvgIpc) is 3.43. The maximum absolute atomic E-state index is 12.7. The maximum atomic E-state index is 12.7. The molecule has 4 heterocycles. The minimum absolute atomic E-state index is 0.205. The van der Waals surface area contributed by atoms with E-state index >= 15 is 0 Å². The summed E-state index contributed by atoms with van der Waals surface area (Å²) in [5.74, 6) is 1.62. The van der Waals surface area contributed by atoms with Crippen molar-refractivity contribution in [1.29, 1.82) is 0 Å². The van der Waals surface area contributed by atoms with Gasteiger partial charge in [0.1, 0.15) is 0 Å². The lowest BCUT2D eigenvalue weighted by Gasteiger charge is -2.31. The summed E-state index contributed by atoms with van der Waals surface area (Å²) >= 11 is 3.82. The van der Waals surface area contributed by atoms with Crippen LogP contribution in [0.2, 0.25) is 0 Å². The van der Waals surface area contributed by atoms with Crippen LogP contribution in [0.25, 0.3) is 11.2 Å². The van der Waals surface area contributed by atoms with Crippen molar-refractivity contribution in [2.45, 2.75) is 51.9 Å². The molecule has 5 rings (SSSR count). The van der Waals surface area contributed by atoms with Crippen LogP contribution in [0.5, 0.6) is 0 Å². The lowest BCUT2D eigenvalue weighted by atomic mass is 9.97. The Morgan fingerprint density at radius 1 is 1.15 bits per heavy atom. The van der Waals surface area contributed by atoms with Gasteiger partial charge in [-0.2, -0.15) is 9.97 Å². The third-order valence-corrected chi connectivity index (χ3v) is 10.4. The summed E-state index contributed by atoms with van der Waals surface area (Å²) in [6, 6.07) is 4.69. The van der Waals surface area contributed by atoms with E-state index in [-0.39, 0.29) is 11.7 Å². The van der Waals surface area contributed by atoms with Crippen LogP contribution in [0.3, 0.4) is 0 Å². The van der Waals surface area contributed by atoms with Crippen LogP contribution in [-0.4, -0.2) is 58.1 Å². The molecule has 0 N–H and O–H groups in total. The van der Waals surface area contributed by atoms with Gasteiger partial charge in [0.25, 0.3) is 0 Å². The number of nitrogens with zero attached hydrogens (tertiary/aromatic N) is 6.